The van der Waals surface area contributed by atoms with Crippen molar-refractivity contribution < 1.29 is 32.3 Å². The second kappa shape index (κ2) is 8.50. The van der Waals surface area contributed by atoms with Crippen LogP contribution in [0.25, 0.3) is 0 Å². The van der Waals surface area contributed by atoms with Gasteiger partial charge in [-0.25, -0.2) is 0 Å². The van der Waals surface area contributed by atoms with Crippen molar-refractivity contribution in [3.63, 3.8) is 0 Å². The van der Waals surface area contributed by atoms with Crippen molar-refractivity contribution in [1.29, 1.82) is 0 Å². The fraction of sp³-hybridized carbons (Fsp3) is 0.200. The Balaban J connectivity index is 1.73. The number of nitrogens with zero attached hydrogens (tertiary/aromatic N) is 1. The van der Waals surface area contributed by atoms with Crippen LogP contribution in [0.3, 0.4) is 0 Å². The number of alkyl halides is 3. The molecule has 2 aromatic carbocycles. The van der Waals surface area contributed by atoms with Gasteiger partial charge in [-0.05, 0) is 36.4 Å². The van der Waals surface area contributed by atoms with E-state index in [-0.39, 0.29) is 35.5 Å². The summed E-state index contributed by atoms with van der Waals surface area (Å²) in [6, 6.07) is 7.10. The Kier molecular flexibility index (Phi) is 6.16. The van der Waals surface area contributed by atoms with Crippen LogP contribution >= 0.6 is 15.9 Å². The summed E-state index contributed by atoms with van der Waals surface area (Å²) in [5, 5.41) is 4.64. The van der Waals surface area contributed by atoms with Crippen LogP contribution < -0.4 is 10.6 Å². The van der Waals surface area contributed by atoms with Crippen molar-refractivity contribution in [2.24, 2.45) is 0 Å². The Bertz CT molecular complexity index is 1100. The fourth-order valence-electron chi connectivity index (χ4n) is 3.01. The molecule has 1 heterocycles. The summed E-state index contributed by atoms with van der Waals surface area (Å²) >= 11 is 3.22. The summed E-state index contributed by atoms with van der Waals surface area (Å²) in [4.78, 5) is 49.4. The van der Waals surface area contributed by atoms with Crippen LogP contribution in [0.2, 0.25) is 0 Å². The number of hydrogen-bond donors (Lipinski definition) is 2. The summed E-state index contributed by atoms with van der Waals surface area (Å²) in [5.41, 5.74) is -0.867. The molecule has 0 fully saturated rings. The summed E-state index contributed by atoms with van der Waals surface area (Å²) < 4.78 is 39.6. The van der Waals surface area contributed by atoms with Crippen molar-refractivity contribution in [2.45, 2.75) is 19.5 Å². The highest BCUT2D eigenvalue weighted by molar-refractivity contribution is 9.10. The molecule has 0 unspecified atom stereocenters. The number of anilines is 2. The van der Waals surface area contributed by atoms with E-state index in [9.17, 15) is 32.3 Å². The van der Waals surface area contributed by atoms with Gasteiger partial charge in [-0.3, -0.25) is 24.1 Å². The number of amides is 4. The number of halogens is 4. The van der Waals surface area contributed by atoms with Gasteiger partial charge in [0.2, 0.25) is 11.8 Å². The Labute approximate surface area is 182 Å². The zero-order valence-corrected chi connectivity index (χ0v) is 17.6. The highest BCUT2D eigenvalue weighted by Gasteiger charge is 2.35. The van der Waals surface area contributed by atoms with Crippen molar-refractivity contribution in [2.75, 3.05) is 17.2 Å². The number of carbonyl (C=O) groups excluding carboxylic acids is 4. The van der Waals surface area contributed by atoms with Crippen molar-refractivity contribution in [1.82, 2.24) is 4.90 Å². The molecule has 0 bridgehead atoms. The van der Waals surface area contributed by atoms with Gasteiger partial charge >= 0.3 is 6.18 Å². The van der Waals surface area contributed by atoms with Gasteiger partial charge in [0.05, 0.1) is 28.1 Å². The maximum absolute atomic E-state index is 13.0. The molecule has 0 aromatic heterocycles. The minimum absolute atomic E-state index is 0.0144. The quantitative estimate of drug-likeness (QED) is 0.609. The van der Waals surface area contributed by atoms with Gasteiger partial charge in [0, 0.05) is 24.4 Å². The molecular weight excluding hydrogens is 483 g/mol. The molecule has 162 valence electrons. The number of imide groups is 1. The lowest BCUT2D eigenvalue weighted by Gasteiger charge is -2.16. The molecule has 0 radical (unpaired) electrons. The van der Waals surface area contributed by atoms with E-state index in [0.29, 0.717) is 10.5 Å². The van der Waals surface area contributed by atoms with Crippen LogP contribution in [-0.4, -0.2) is 35.1 Å². The summed E-state index contributed by atoms with van der Waals surface area (Å²) in [6.45, 7) is 0.911. The molecule has 0 saturated carbocycles. The first-order chi connectivity index (χ1) is 14.5. The third-order valence-corrected chi connectivity index (χ3v) is 4.92. The molecule has 0 atom stereocenters. The molecule has 7 nitrogen and oxygen atoms in total. The van der Waals surface area contributed by atoms with E-state index in [1.54, 1.807) is 6.07 Å². The number of benzene rings is 2. The first-order valence-corrected chi connectivity index (χ1v) is 9.71. The van der Waals surface area contributed by atoms with Gasteiger partial charge in [-0.2, -0.15) is 13.2 Å². The molecule has 0 saturated heterocycles. The average molecular weight is 498 g/mol. The summed E-state index contributed by atoms with van der Waals surface area (Å²) in [7, 11) is 0. The maximum Gasteiger partial charge on any atom is 0.416 e. The van der Waals surface area contributed by atoms with E-state index in [4.69, 9.17) is 0 Å². The number of fused-ring (bicyclic) bond motifs is 1. The van der Waals surface area contributed by atoms with Gasteiger partial charge in [0.15, 0.2) is 0 Å². The zero-order valence-electron chi connectivity index (χ0n) is 16.0. The molecule has 2 aromatic rings. The second-order valence-corrected chi connectivity index (χ2v) is 7.61. The molecular formula is C20H15BrF3N3O4. The molecule has 11 heteroatoms. The Morgan fingerprint density at radius 3 is 2.29 bits per heavy atom. The number of carbonyl (C=O) groups is 4. The lowest BCUT2D eigenvalue weighted by molar-refractivity contribution is -0.137. The first-order valence-electron chi connectivity index (χ1n) is 8.92. The highest BCUT2D eigenvalue weighted by atomic mass is 79.9. The average Bonchev–Trinajstić information content (AvgIpc) is 2.90. The lowest BCUT2D eigenvalue weighted by atomic mass is 10.1. The SMILES string of the molecule is CC(=O)Nc1ccc(C(F)(F)F)cc1NC(=O)CCN1C(=O)c2ccc(Br)cc2C1=O. The molecule has 1 aliphatic heterocycles. The van der Waals surface area contributed by atoms with Crippen LogP contribution in [0.5, 0.6) is 0 Å². The van der Waals surface area contributed by atoms with E-state index in [0.717, 1.165) is 17.0 Å². The highest BCUT2D eigenvalue weighted by Crippen LogP contribution is 2.34. The van der Waals surface area contributed by atoms with E-state index < -0.39 is 35.4 Å². The van der Waals surface area contributed by atoms with Crippen LogP contribution in [0.15, 0.2) is 40.9 Å². The van der Waals surface area contributed by atoms with Crippen LogP contribution in [-0.2, 0) is 15.8 Å². The van der Waals surface area contributed by atoms with E-state index >= 15 is 0 Å². The van der Waals surface area contributed by atoms with Crippen molar-refractivity contribution in [3.8, 4) is 0 Å². The first kappa shape index (κ1) is 22.5. The minimum Gasteiger partial charge on any atom is -0.325 e. The summed E-state index contributed by atoms with van der Waals surface area (Å²) in [5.74, 6) is -2.39. The normalized spacial score (nSPS) is 13.3. The van der Waals surface area contributed by atoms with Gasteiger partial charge in [0.1, 0.15) is 0 Å². The molecule has 4 amide bonds. The fourth-order valence-corrected chi connectivity index (χ4v) is 3.38. The third kappa shape index (κ3) is 4.93. The molecule has 31 heavy (non-hydrogen) atoms. The molecule has 0 spiro atoms. The molecule has 0 aliphatic carbocycles. The second-order valence-electron chi connectivity index (χ2n) is 6.69. The van der Waals surface area contributed by atoms with Gasteiger partial charge in [0.25, 0.3) is 11.8 Å². The topological polar surface area (TPSA) is 95.6 Å². The maximum atomic E-state index is 13.0. The smallest absolute Gasteiger partial charge is 0.325 e. The Morgan fingerprint density at radius 2 is 1.65 bits per heavy atom. The Hall–Kier alpha value is -3.21. The van der Waals surface area contributed by atoms with E-state index in [1.165, 1.54) is 19.1 Å². The largest absolute Gasteiger partial charge is 0.416 e. The molecule has 3 rings (SSSR count). The summed E-state index contributed by atoms with van der Waals surface area (Å²) in [6.07, 6.45) is -4.99. The van der Waals surface area contributed by atoms with E-state index in [1.807, 2.05) is 0 Å². The number of nitrogens with one attached hydrogen (secondary N) is 2. The van der Waals surface area contributed by atoms with Gasteiger partial charge in [-0.1, -0.05) is 15.9 Å². The monoisotopic (exact) mass is 497 g/mol. The lowest BCUT2D eigenvalue weighted by Crippen LogP contribution is -2.33. The molecule has 2 N–H and O–H groups in total. The molecule has 1 aliphatic rings. The van der Waals surface area contributed by atoms with Crippen LogP contribution in [0, 0.1) is 0 Å². The van der Waals surface area contributed by atoms with Crippen molar-refractivity contribution in [3.05, 3.63) is 57.6 Å². The predicted molar refractivity (Wildman–Crippen MR) is 109 cm³/mol. The van der Waals surface area contributed by atoms with E-state index in [2.05, 4.69) is 26.6 Å². The standard InChI is InChI=1S/C20H15BrF3N3O4/c1-10(28)25-15-5-2-11(20(22,23)24)8-16(15)26-17(29)6-7-27-18(30)13-4-3-12(21)9-14(13)19(27)31/h2-5,8-9H,6-7H2,1H3,(H,25,28)(H,26,29). The Morgan fingerprint density at radius 1 is 0.968 bits per heavy atom. The van der Waals surface area contributed by atoms with Crippen LogP contribution in [0.1, 0.15) is 39.6 Å². The zero-order chi connectivity index (χ0) is 22.9. The number of rotatable bonds is 5. The van der Waals surface area contributed by atoms with Crippen molar-refractivity contribution >= 4 is 50.9 Å². The third-order valence-electron chi connectivity index (χ3n) is 4.43. The minimum atomic E-state index is -4.65. The van der Waals surface area contributed by atoms with Gasteiger partial charge < -0.3 is 10.6 Å². The van der Waals surface area contributed by atoms with Gasteiger partial charge in [-0.15, -0.1) is 0 Å². The predicted octanol–water partition coefficient (Wildman–Crippen LogP) is 4.05. The number of hydrogen-bond acceptors (Lipinski definition) is 4. The van der Waals surface area contributed by atoms with Crippen LogP contribution in [0.4, 0.5) is 24.5 Å².